The molecule has 0 N–H and O–H groups in total. The van der Waals surface area contributed by atoms with Crippen LogP contribution in [0, 0.1) is 0 Å². The first-order chi connectivity index (χ1) is 16.6. The van der Waals surface area contributed by atoms with Gasteiger partial charge in [-0.05, 0) is 50.0 Å². The summed E-state index contributed by atoms with van der Waals surface area (Å²) in [5.41, 5.74) is 3.30. The van der Waals surface area contributed by atoms with Gasteiger partial charge in [-0.1, -0.05) is 6.07 Å². The SMILES string of the molecule is O=S1(=O)CCCN(Cc2cc3c(c4ncccc24)OCN(CCCN2CCCOCC2)C3)CC1. The van der Waals surface area contributed by atoms with Crippen LogP contribution in [0.3, 0.4) is 0 Å². The lowest BCUT2D eigenvalue weighted by Gasteiger charge is -2.31. The van der Waals surface area contributed by atoms with Gasteiger partial charge in [-0.2, -0.15) is 0 Å². The summed E-state index contributed by atoms with van der Waals surface area (Å²) in [4.78, 5) is 11.8. The van der Waals surface area contributed by atoms with Crippen LogP contribution >= 0.6 is 0 Å². The van der Waals surface area contributed by atoms with Crippen LogP contribution in [0.5, 0.6) is 5.75 Å². The summed E-state index contributed by atoms with van der Waals surface area (Å²) >= 11 is 0. The Morgan fingerprint density at radius 3 is 2.79 bits per heavy atom. The number of ether oxygens (including phenoxy) is 2. The zero-order chi connectivity index (χ0) is 23.4. The molecule has 0 saturated carbocycles. The second kappa shape index (κ2) is 10.9. The van der Waals surface area contributed by atoms with Gasteiger partial charge in [0.2, 0.25) is 0 Å². The number of hydrogen-bond donors (Lipinski definition) is 0. The van der Waals surface area contributed by atoms with Crippen LogP contribution in [0.25, 0.3) is 10.9 Å². The van der Waals surface area contributed by atoms with Crippen molar-refractivity contribution in [1.29, 1.82) is 0 Å². The van der Waals surface area contributed by atoms with Crippen LogP contribution in [0.4, 0.5) is 0 Å². The molecule has 0 bridgehead atoms. The van der Waals surface area contributed by atoms with Crippen molar-refractivity contribution in [3.05, 3.63) is 35.5 Å². The lowest BCUT2D eigenvalue weighted by atomic mass is 10.0. The van der Waals surface area contributed by atoms with Gasteiger partial charge in [0.25, 0.3) is 0 Å². The molecule has 5 rings (SSSR count). The van der Waals surface area contributed by atoms with E-state index in [2.05, 4.69) is 31.8 Å². The lowest BCUT2D eigenvalue weighted by molar-refractivity contribution is 0.0908. The summed E-state index contributed by atoms with van der Waals surface area (Å²) in [6, 6.07) is 6.33. The maximum atomic E-state index is 12.0. The number of benzene rings is 1. The van der Waals surface area contributed by atoms with Gasteiger partial charge in [-0.25, -0.2) is 8.42 Å². The van der Waals surface area contributed by atoms with Crippen LogP contribution in [-0.2, 0) is 27.7 Å². The second-order valence-electron chi connectivity index (χ2n) is 9.69. The average molecular weight is 489 g/mol. The predicted octanol–water partition coefficient (Wildman–Crippen LogP) is 2.12. The van der Waals surface area contributed by atoms with Gasteiger partial charge in [0.15, 0.2) is 15.6 Å². The predicted molar refractivity (Wildman–Crippen MR) is 133 cm³/mol. The van der Waals surface area contributed by atoms with Crippen molar-refractivity contribution in [3.63, 3.8) is 0 Å². The molecule has 0 radical (unpaired) electrons. The number of sulfone groups is 1. The van der Waals surface area contributed by atoms with E-state index in [-0.39, 0.29) is 5.75 Å². The molecule has 9 heteroatoms. The monoisotopic (exact) mass is 488 g/mol. The van der Waals surface area contributed by atoms with E-state index in [0.29, 0.717) is 25.4 Å². The van der Waals surface area contributed by atoms with Crippen LogP contribution < -0.4 is 4.74 Å². The molecule has 34 heavy (non-hydrogen) atoms. The number of pyridine rings is 1. The minimum absolute atomic E-state index is 0.244. The number of fused-ring (bicyclic) bond motifs is 3. The van der Waals surface area contributed by atoms with Crippen LogP contribution in [0.1, 0.15) is 30.4 Å². The molecule has 1 aromatic carbocycles. The summed E-state index contributed by atoms with van der Waals surface area (Å²) in [5, 5.41) is 1.10. The van der Waals surface area contributed by atoms with Gasteiger partial charge >= 0.3 is 0 Å². The topological polar surface area (TPSA) is 75.2 Å². The molecule has 2 aromatic rings. The Morgan fingerprint density at radius 2 is 1.85 bits per heavy atom. The van der Waals surface area contributed by atoms with E-state index >= 15 is 0 Å². The quantitative estimate of drug-likeness (QED) is 0.612. The number of hydrogen-bond acceptors (Lipinski definition) is 8. The summed E-state index contributed by atoms with van der Waals surface area (Å²) in [6.45, 7) is 9.53. The average Bonchev–Trinajstić information content (AvgIpc) is 3.19. The normalized spacial score (nSPS) is 22.6. The van der Waals surface area contributed by atoms with Gasteiger partial charge in [0.05, 0.1) is 18.1 Å². The van der Waals surface area contributed by atoms with E-state index < -0.39 is 9.84 Å². The van der Waals surface area contributed by atoms with E-state index in [1.165, 1.54) is 11.1 Å². The fourth-order valence-corrected chi connectivity index (χ4v) is 6.58. The molecule has 8 nitrogen and oxygen atoms in total. The Morgan fingerprint density at radius 1 is 0.971 bits per heavy atom. The maximum absolute atomic E-state index is 12.0. The molecule has 3 aliphatic heterocycles. The standard InChI is InChI=1S/C25H36N4O4S/c30-34(31)15-4-10-28(12-16-34)18-21-17-22-19-29(8-2-7-27-9-3-13-32-14-11-27)20-33-25(22)24-23(21)5-1-6-26-24/h1,5-6,17H,2-4,7-16,18-20H2. The van der Waals surface area contributed by atoms with Gasteiger partial charge in [-0.15, -0.1) is 0 Å². The zero-order valence-electron chi connectivity index (χ0n) is 20.0. The first-order valence-corrected chi connectivity index (χ1v) is 14.4. The Labute approximate surface area is 202 Å². The molecular weight excluding hydrogens is 452 g/mol. The van der Waals surface area contributed by atoms with Crippen LogP contribution in [0.15, 0.2) is 24.4 Å². The minimum atomic E-state index is -2.92. The summed E-state index contributed by atoms with van der Waals surface area (Å²) < 4.78 is 35.9. The Hall–Kier alpha value is -1.78. The van der Waals surface area contributed by atoms with Crippen molar-refractivity contribution in [2.45, 2.75) is 32.4 Å². The highest BCUT2D eigenvalue weighted by atomic mass is 32.2. The van der Waals surface area contributed by atoms with Crippen molar-refractivity contribution < 1.29 is 17.9 Å². The van der Waals surface area contributed by atoms with Crippen molar-refractivity contribution in [2.24, 2.45) is 0 Å². The van der Waals surface area contributed by atoms with Crippen molar-refractivity contribution in [3.8, 4) is 5.75 Å². The summed E-state index contributed by atoms with van der Waals surface area (Å²) in [7, 11) is -2.92. The van der Waals surface area contributed by atoms with Crippen molar-refractivity contribution in [2.75, 3.05) is 70.7 Å². The van der Waals surface area contributed by atoms with Gasteiger partial charge < -0.3 is 14.4 Å². The van der Waals surface area contributed by atoms with E-state index in [9.17, 15) is 8.42 Å². The number of rotatable bonds is 6. The second-order valence-corrected chi connectivity index (χ2v) is 12.0. The Kier molecular flexibility index (Phi) is 7.65. The maximum Gasteiger partial charge on any atom is 0.152 e. The Balaban J connectivity index is 1.28. The largest absolute Gasteiger partial charge is 0.475 e. The molecule has 0 aliphatic carbocycles. The van der Waals surface area contributed by atoms with Crippen molar-refractivity contribution >= 4 is 20.7 Å². The lowest BCUT2D eigenvalue weighted by Crippen LogP contribution is -2.35. The Bertz CT molecular complexity index is 1090. The smallest absolute Gasteiger partial charge is 0.152 e. The number of aromatic nitrogens is 1. The molecule has 1 aromatic heterocycles. The molecule has 2 fully saturated rings. The zero-order valence-corrected chi connectivity index (χ0v) is 20.8. The third-order valence-corrected chi connectivity index (χ3v) is 8.82. The highest BCUT2D eigenvalue weighted by Crippen LogP contribution is 2.35. The first kappa shape index (κ1) is 23.9. The summed E-state index contributed by atoms with van der Waals surface area (Å²) in [6.07, 6.45) is 4.75. The molecule has 0 atom stereocenters. The molecule has 0 spiro atoms. The van der Waals surface area contributed by atoms with E-state index in [1.54, 1.807) is 0 Å². The fourth-order valence-electron chi connectivity index (χ4n) is 5.27. The highest BCUT2D eigenvalue weighted by molar-refractivity contribution is 7.91. The van der Waals surface area contributed by atoms with E-state index in [0.717, 1.165) is 88.5 Å². The molecule has 186 valence electrons. The van der Waals surface area contributed by atoms with Gasteiger partial charge in [0.1, 0.15) is 12.2 Å². The highest BCUT2D eigenvalue weighted by Gasteiger charge is 2.24. The van der Waals surface area contributed by atoms with E-state index in [1.807, 2.05) is 12.3 Å². The molecule has 3 aliphatic rings. The van der Waals surface area contributed by atoms with Crippen LogP contribution in [0.2, 0.25) is 0 Å². The third-order valence-electron chi connectivity index (χ3n) is 7.10. The molecule has 4 heterocycles. The molecule has 0 unspecified atom stereocenters. The van der Waals surface area contributed by atoms with Crippen LogP contribution in [-0.4, -0.2) is 98.8 Å². The first-order valence-electron chi connectivity index (χ1n) is 12.5. The molecule has 0 amide bonds. The van der Waals surface area contributed by atoms with Crippen molar-refractivity contribution in [1.82, 2.24) is 19.7 Å². The third kappa shape index (κ3) is 5.88. The van der Waals surface area contributed by atoms with Gasteiger partial charge in [0, 0.05) is 63.0 Å². The fraction of sp³-hybridized carbons (Fsp3) is 0.640. The van der Waals surface area contributed by atoms with E-state index in [4.69, 9.17) is 9.47 Å². The van der Waals surface area contributed by atoms with Gasteiger partial charge in [-0.3, -0.25) is 14.8 Å². The molecular formula is C25H36N4O4S. The summed E-state index contributed by atoms with van der Waals surface area (Å²) in [5.74, 6) is 1.44. The minimum Gasteiger partial charge on any atom is -0.475 e. The number of nitrogens with zero attached hydrogens (tertiary/aromatic N) is 4. The molecule has 2 saturated heterocycles.